The monoisotopic (exact) mass is 309 g/mol. The molecule has 0 saturated carbocycles. The summed E-state index contributed by atoms with van der Waals surface area (Å²) in [6, 6.07) is 13.8. The Morgan fingerprint density at radius 1 is 1.04 bits per heavy atom. The molecule has 1 amide bonds. The Morgan fingerprint density at radius 2 is 1.83 bits per heavy atom. The maximum Gasteiger partial charge on any atom is 0.264 e. The van der Waals surface area contributed by atoms with E-state index in [0.717, 1.165) is 30.2 Å². The van der Waals surface area contributed by atoms with Gasteiger partial charge in [0, 0.05) is 38.8 Å². The molecule has 1 aromatic heterocycles. The first-order chi connectivity index (χ1) is 11.3. The first-order valence-electron chi connectivity index (χ1n) is 8.00. The molecule has 3 heterocycles. The average molecular weight is 309 g/mol. The summed E-state index contributed by atoms with van der Waals surface area (Å²) in [5.74, 6) is 1.92. The highest BCUT2D eigenvalue weighted by Gasteiger charge is 2.33. The zero-order valence-electron chi connectivity index (χ0n) is 12.9. The SMILES string of the molecule is O=C([C@H]1Cc2ccccc2O1)N1CCN(c2ccccn2)CC1. The molecule has 118 valence electrons. The third-order valence-electron chi connectivity index (χ3n) is 4.49. The van der Waals surface area contributed by atoms with Crippen LogP contribution in [0.4, 0.5) is 5.82 Å². The molecule has 1 atom stereocenters. The second kappa shape index (κ2) is 5.91. The smallest absolute Gasteiger partial charge is 0.264 e. The normalized spacial score (nSPS) is 20.1. The molecule has 1 aromatic carbocycles. The number of aromatic nitrogens is 1. The van der Waals surface area contributed by atoms with E-state index in [-0.39, 0.29) is 12.0 Å². The van der Waals surface area contributed by atoms with E-state index >= 15 is 0 Å². The second-order valence-corrected chi connectivity index (χ2v) is 5.92. The van der Waals surface area contributed by atoms with Crippen LogP contribution in [0, 0.1) is 0 Å². The van der Waals surface area contributed by atoms with Crippen molar-refractivity contribution < 1.29 is 9.53 Å². The molecule has 0 N–H and O–H groups in total. The number of benzene rings is 1. The van der Waals surface area contributed by atoms with Crippen LogP contribution >= 0.6 is 0 Å². The molecule has 0 bridgehead atoms. The summed E-state index contributed by atoms with van der Waals surface area (Å²) in [6.07, 6.45) is 2.11. The minimum atomic E-state index is -0.367. The van der Waals surface area contributed by atoms with E-state index in [1.54, 1.807) is 6.20 Å². The summed E-state index contributed by atoms with van der Waals surface area (Å²) in [6.45, 7) is 3.04. The lowest BCUT2D eigenvalue weighted by Crippen LogP contribution is -2.52. The Bertz CT molecular complexity index is 671. The highest BCUT2D eigenvalue weighted by Crippen LogP contribution is 2.29. The third-order valence-corrected chi connectivity index (χ3v) is 4.49. The lowest BCUT2D eigenvalue weighted by molar-refractivity contribution is -0.138. The van der Waals surface area contributed by atoms with Gasteiger partial charge in [0.2, 0.25) is 0 Å². The average Bonchev–Trinajstić information content (AvgIpc) is 3.06. The highest BCUT2D eigenvalue weighted by atomic mass is 16.5. The van der Waals surface area contributed by atoms with Crippen molar-refractivity contribution in [2.24, 2.45) is 0 Å². The van der Waals surface area contributed by atoms with E-state index in [9.17, 15) is 4.79 Å². The van der Waals surface area contributed by atoms with Gasteiger partial charge in [-0.2, -0.15) is 0 Å². The maximum atomic E-state index is 12.7. The first-order valence-corrected chi connectivity index (χ1v) is 8.00. The van der Waals surface area contributed by atoms with Crippen molar-refractivity contribution in [3.05, 3.63) is 54.2 Å². The fourth-order valence-electron chi connectivity index (χ4n) is 3.22. The van der Waals surface area contributed by atoms with Gasteiger partial charge in [-0.3, -0.25) is 4.79 Å². The standard InChI is InChI=1S/C18H19N3O2/c22-18(16-13-14-5-1-2-6-15(14)23-16)21-11-9-20(10-12-21)17-7-3-4-8-19-17/h1-8,16H,9-13H2/t16-/m1/s1. The number of pyridine rings is 1. The molecule has 23 heavy (non-hydrogen) atoms. The Hall–Kier alpha value is -2.56. The van der Waals surface area contributed by atoms with Crippen molar-refractivity contribution >= 4 is 11.7 Å². The lowest BCUT2D eigenvalue weighted by Gasteiger charge is -2.36. The number of carbonyl (C=O) groups is 1. The molecule has 0 spiro atoms. The molecule has 5 nitrogen and oxygen atoms in total. The largest absolute Gasteiger partial charge is 0.480 e. The summed E-state index contributed by atoms with van der Waals surface area (Å²) >= 11 is 0. The molecule has 2 aliphatic heterocycles. The van der Waals surface area contributed by atoms with Crippen molar-refractivity contribution in [1.82, 2.24) is 9.88 Å². The van der Waals surface area contributed by atoms with Gasteiger partial charge in [0.15, 0.2) is 6.10 Å². The predicted molar refractivity (Wildman–Crippen MR) is 87.6 cm³/mol. The molecular formula is C18H19N3O2. The number of hydrogen-bond donors (Lipinski definition) is 0. The number of para-hydroxylation sites is 1. The van der Waals surface area contributed by atoms with E-state index in [2.05, 4.69) is 9.88 Å². The Balaban J connectivity index is 1.37. The van der Waals surface area contributed by atoms with Crippen molar-refractivity contribution in [3.63, 3.8) is 0 Å². The van der Waals surface area contributed by atoms with Crippen LogP contribution in [0.25, 0.3) is 0 Å². The molecule has 5 heteroatoms. The van der Waals surface area contributed by atoms with E-state index in [4.69, 9.17) is 4.74 Å². The Morgan fingerprint density at radius 3 is 2.57 bits per heavy atom. The Labute approximate surface area is 135 Å². The Kier molecular flexibility index (Phi) is 3.61. The molecule has 0 radical (unpaired) electrons. The summed E-state index contributed by atoms with van der Waals surface area (Å²) in [5.41, 5.74) is 1.12. The van der Waals surface area contributed by atoms with E-state index in [1.165, 1.54) is 0 Å². The van der Waals surface area contributed by atoms with Crippen LogP contribution in [0.15, 0.2) is 48.7 Å². The number of fused-ring (bicyclic) bond motifs is 1. The number of piperazine rings is 1. The van der Waals surface area contributed by atoms with Crippen molar-refractivity contribution in [2.75, 3.05) is 31.1 Å². The predicted octanol–water partition coefficient (Wildman–Crippen LogP) is 1.73. The molecule has 4 rings (SSSR count). The van der Waals surface area contributed by atoms with Crippen LogP contribution in [-0.4, -0.2) is 48.1 Å². The molecule has 2 aliphatic rings. The summed E-state index contributed by atoms with van der Waals surface area (Å²) in [5, 5.41) is 0. The van der Waals surface area contributed by atoms with Crippen LogP contribution in [0.3, 0.4) is 0 Å². The van der Waals surface area contributed by atoms with Crippen LogP contribution < -0.4 is 9.64 Å². The summed E-state index contributed by atoms with van der Waals surface area (Å²) in [4.78, 5) is 21.2. The topological polar surface area (TPSA) is 45.7 Å². The molecule has 0 aliphatic carbocycles. The van der Waals surface area contributed by atoms with Gasteiger partial charge >= 0.3 is 0 Å². The number of anilines is 1. The molecule has 0 unspecified atom stereocenters. The number of hydrogen-bond acceptors (Lipinski definition) is 4. The highest BCUT2D eigenvalue weighted by molar-refractivity contribution is 5.83. The zero-order chi connectivity index (χ0) is 15.6. The minimum absolute atomic E-state index is 0.0990. The summed E-state index contributed by atoms with van der Waals surface area (Å²) < 4.78 is 5.82. The molecule has 1 fully saturated rings. The zero-order valence-corrected chi connectivity index (χ0v) is 12.9. The minimum Gasteiger partial charge on any atom is -0.480 e. The number of ether oxygens (including phenoxy) is 1. The van der Waals surface area contributed by atoms with Crippen LogP contribution in [0.5, 0.6) is 5.75 Å². The van der Waals surface area contributed by atoms with E-state index in [1.807, 2.05) is 47.4 Å². The van der Waals surface area contributed by atoms with Gasteiger partial charge in [-0.15, -0.1) is 0 Å². The van der Waals surface area contributed by atoms with E-state index in [0.29, 0.717) is 19.5 Å². The number of carbonyl (C=O) groups excluding carboxylic acids is 1. The van der Waals surface area contributed by atoms with Gasteiger partial charge in [0.05, 0.1) is 0 Å². The van der Waals surface area contributed by atoms with Gasteiger partial charge in [-0.05, 0) is 23.8 Å². The quantitative estimate of drug-likeness (QED) is 0.847. The van der Waals surface area contributed by atoms with Gasteiger partial charge in [0.1, 0.15) is 11.6 Å². The van der Waals surface area contributed by atoms with E-state index < -0.39 is 0 Å². The van der Waals surface area contributed by atoms with Gasteiger partial charge in [0.25, 0.3) is 5.91 Å². The van der Waals surface area contributed by atoms with Crippen LogP contribution in [0.1, 0.15) is 5.56 Å². The number of nitrogens with zero attached hydrogens (tertiary/aromatic N) is 3. The fourth-order valence-corrected chi connectivity index (χ4v) is 3.22. The summed E-state index contributed by atoms with van der Waals surface area (Å²) in [7, 11) is 0. The second-order valence-electron chi connectivity index (χ2n) is 5.92. The van der Waals surface area contributed by atoms with Gasteiger partial charge in [-0.25, -0.2) is 4.98 Å². The van der Waals surface area contributed by atoms with Crippen LogP contribution in [-0.2, 0) is 11.2 Å². The van der Waals surface area contributed by atoms with Gasteiger partial charge in [-0.1, -0.05) is 24.3 Å². The van der Waals surface area contributed by atoms with Gasteiger partial charge < -0.3 is 14.5 Å². The maximum absolute atomic E-state index is 12.7. The molecule has 2 aromatic rings. The number of rotatable bonds is 2. The van der Waals surface area contributed by atoms with Crippen LogP contribution in [0.2, 0.25) is 0 Å². The molecular weight excluding hydrogens is 290 g/mol. The number of amides is 1. The lowest BCUT2D eigenvalue weighted by atomic mass is 10.1. The van der Waals surface area contributed by atoms with Crippen molar-refractivity contribution in [2.45, 2.75) is 12.5 Å². The fraction of sp³-hybridized carbons (Fsp3) is 0.333. The van der Waals surface area contributed by atoms with Crippen molar-refractivity contribution in [3.8, 4) is 5.75 Å². The molecule has 1 saturated heterocycles. The van der Waals surface area contributed by atoms with Crippen molar-refractivity contribution in [1.29, 1.82) is 0 Å². The third kappa shape index (κ3) is 2.74. The first kappa shape index (κ1) is 14.1.